The molecule has 0 radical (unpaired) electrons. The minimum atomic E-state index is -1.20. The van der Waals surface area contributed by atoms with E-state index in [1.54, 1.807) is 53.0 Å². The molecule has 3 heterocycles. The van der Waals surface area contributed by atoms with Crippen molar-refractivity contribution in [3.8, 4) is 11.4 Å². The SMILES string of the molecule is CC(C=C(N)C(C)(C)O)=Nc1cc(-n2c(C)cc(OCc3ncc(F)cc3F)c(Cl)c2=O)c(C)cn1. The predicted octanol–water partition coefficient (Wildman–Crippen LogP) is 4.46. The molecular formula is C25H26ClF2N5O3. The lowest BCUT2D eigenvalue weighted by atomic mass is 10.0. The molecule has 3 aromatic heterocycles. The Bertz CT molecular complexity index is 1430. The summed E-state index contributed by atoms with van der Waals surface area (Å²) in [6, 6.07) is 3.85. The first-order valence-corrected chi connectivity index (χ1v) is 11.2. The first-order chi connectivity index (χ1) is 16.8. The Morgan fingerprint density at radius 1 is 1.25 bits per heavy atom. The van der Waals surface area contributed by atoms with Crippen LogP contribution in [-0.2, 0) is 6.61 Å². The van der Waals surface area contributed by atoms with Crippen molar-refractivity contribution in [3.05, 3.63) is 86.3 Å². The van der Waals surface area contributed by atoms with Crippen molar-refractivity contribution in [2.24, 2.45) is 10.7 Å². The zero-order chi connectivity index (χ0) is 26.8. The molecular weight excluding hydrogens is 492 g/mol. The molecule has 11 heteroatoms. The van der Waals surface area contributed by atoms with Crippen LogP contribution in [0.2, 0.25) is 5.02 Å². The summed E-state index contributed by atoms with van der Waals surface area (Å²) in [6.07, 6.45) is 3.98. The van der Waals surface area contributed by atoms with E-state index < -0.39 is 22.8 Å². The number of rotatable bonds is 7. The fourth-order valence-corrected chi connectivity index (χ4v) is 3.39. The van der Waals surface area contributed by atoms with Gasteiger partial charge in [0.15, 0.2) is 11.6 Å². The van der Waals surface area contributed by atoms with Crippen molar-refractivity contribution in [2.45, 2.75) is 46.8 Å². The molecule has 0 unspecified atom stereocenters. The van der Waals surface area contributed by atoms with Crippen molar-refractivity contribution in [1.29, 1.82) is 0 Å². The van der Waals surface area contributed by atoms with Gasteiger partial charge in [0.1, 0.15) is 28.9 Å². The molecule has 0 aliphatic rings. The summed E-state index contributed by atoms with van der Waals surface area (Å²) >= 11 is 6.31. The average Bonchev–Trinajstić information content (AvgIpc) is 2.77. The largest absolute Gasteiger partial charge is 0.485 e. The molecule has 0 aromatic carbocycles. The van der Waals surface area contributed by atoms with Crippen LogP contribution in [0.5, 0.6) is 5.75 Å². The standard InChI is InChI=1S/C25H26ClF2N5O3/c1-13-10-31-22(32-14(2)6-21(29)25(4,5)35)9-19(13)33-15(3)7-20(23(26)24(33)34)36-12-18-17(28)8-16(27)11-30-18/h6-11,35H,12,29H2,1-5H3. The van der Waals surface area contributed by atoms with Crippen molar-refractivity contribution < 1.29 is 18.6 Å². The van der Waals surface area contributed by atoms with E-state index in [-0.39, 0.29) is 28.8 Å². The van der Waals surface area contributed by atoms with E-state index in [0.717, 1.165) is 6.20 Å². The summed E-state index contributed by atoms with van der Waals surface area (Å²) in [4.78, 5) is 25.5. The topological polar surface area (TPSA) is 116 Å². The van der Waals surface area contributed by atoms with Gasteiger partial charge in [0, 0.05) is 41.5 Å². The van der Waals surface area contributed by atoms with Gasteiger partial charge in [-0.15, -0.1) is 0 Å². The molecule has 0 bridgehead atoms. The lowest BCUT2D eigenvalue weighted by Crippen LogP contribution is -2.28. The second-order valence-corrected chi connectivity index (χ2v) is 9.09. The monoisotopic (exact) mass is 517 g/mol. The van der Waals surface area contributed by atoms with E-state index in [4.69, 9.17) is 22.1 Å². The number of hydrogen-bond acceptors (Lipinski definition) is 7. The van der Waals surface area contributed by atoms with Crippen LogP contribution in [0.25, 0.3) is 5.69 Å². The van der Waals surface area contributed by atoms with E-state index in [0.29, 0.717) is 34.5 Å². The number of aliphatic imine (C=N–C) groups is 1. The van der Waals surface area contributed by atoms with E-state index in [1.165, 1.54) is 10.6 Å². The number of allylic oxidation sites excluding steroid dienone is 1. The Hall–Kier alpha value is -3.63. The summed E-state index contributed by atoms with van der Waals surface area (Å²) < 4.78 is 33.9. The number of nitrogens with zero attached hydrogens (tertiary/aromatic N) is 4. The lowest BCUT2D eigenvalue weighted by Gasteiger charge is -2.17. The van der Waals surface area contributed by atoms with Crippen molar-refractivity contribution in [3.63, 3.8) is 0 Å². The Labute approximate surface area is 211 Å². The molecule has 0 fully saturated rings. The van der Waals surface area contributed by atoms with Crippen LogP contribution < -0.4 is 16.0 Å². The summed E-state index contributed by atoms with van der Waals surface area (Å²) in [5, 5.41) is 9.78. The fraction of sp³-hybridized carbons (Fsp3) is 0.280. The smallest absolute Gasteiger partial charge is 0.277 e. The highest BCUT2D eigenvalue weighted by molar-refractivity contribution is 6.31. The van der Waals surface area contributed by atoms with Gasteiger partial charge in [-0.3, -0.25) is 14.3 Å². The molecule has 0 saturated heterocycles. The number of hydrogen-bond donors (Lipinski definition) is 2. The molecule has 3 rings (SSSR count). The summed E-state index contributed by atoms with van der Waals surface area (Å²) in [7, 11) is 0. The average molecular weight is 518 g/mol. The van der Waals surface area contributed by atoms with Gasteiger partial charge in [0.05, 0.1) is 17.5 Å². The molecule has 3 N–H and O–H groups in total. The number of aryl methyl sites for hydroxylation is 2. The van der Waals surface area contributed by atoms with Crippen LogP contribution in [0.1, 0.15) is 37.7 Å². The number of aliphatic hydroxyl groups is 1. The van der Waals surface area contributed by atoms with Crippen LogP contribution in [0.15, 0.2) is 52.2 Å². The predicted molar refractivity (Wildman–Crippen MR) is 134 cm³/mol. The maximum absolute atomic E-state index is 13.9. The fourth-order valence-electron chi connectivity index (χ4n) is 3.20. The van der Waals surface area contributed by atoms with Crippen LogP contribution in [0.3, 0.4) is 0 Å². The van der Waals surface area contributed by atoms with Crippen LogP contribution >= 0.6 is 11.6 Å². The van der Waals surface area contributed by atoms with Gasteiger partial charge < -0.3 is 15.6 Å². The second kappa shape index (κ2) is 10.5. The first kappa shape index (κ1) is 27.0. The maximum atomic E-state index is 13.9. The van der Waals surface area contributed by atoms with E-state index in [2.05, 4.69) is 15.0 Å². The van der Waals surface area contributed by atoms with Gasteiger partial charge in [-0.1, -0.05) is 11.6 Å². The zero-order valence-corrected chi connectivity index (χ0v) is 21.2. The zero-order valence-electron chi connectivity index (χ0n) is 20.4. The number of pyridine rings is 3. The van der Waals surface area contributed by atoms with Gasteiger partial charge >= 0.3 is 0 Å². The van der Waals surface area contributed by atoms with Crippen molar-refractivity contribution in [2.75, 3.05) is 0 Å². The molecule has 3 aromatic rings. The van der Waals surface area contributed by atoms with Gasteiger partial charge in [-0.05, 0) is 46.3 Å². The van der Waals surface area contributed by atoms with Crippen molar-refractivity contribution in [1.82, 2.24) is 14.5 Å². The third kappa shape index (κ3) is 6.13. The molecule has 0 aliphatic carbocycles. The minimum Gasteiger partial charge on any atom is -0.485 e. The molecule has 36 heavy (non-hydrogen) atoms. The maximum Gasteiger partial charge on any atom is 0.277 e. The van der Waals surface area contributed by atoms with E-state index in [1.807, 2.05) is 0 Å². The molecule has 0 saturated carbocycles. The normalized spacial score (nSPS) is 12.7. The highest BCUT2D eigenvalue weighted by Crippen LogP contribution is 2.27. The van der Waals surface area contributed by atoms with E-state index in [9.17, 15) is 18.7 Å². The van der Waals surface area contributed by atoms with Gasteiger partial charge in [0.2, 0.25) is 0 Å². The Morgan fingerprint density at radius 2 is 1.94 bits per heavy atom. The molecule has 0 spiro atoms. The van der Waals surface area contributed by atoms with Crippen LogP contribution in [0, 0.1) is 25.5 Å². The Morgan fingerprint density at radius 3 is 2.58 bits per heavy atom. The number of halogens is 3. The minimum absolute atomic E-state index is 0.0361. The molecule has 0 amide bonds. The Balaban J connectivity index is 1.97. The van der Waals surface area contributed by atoms with Crippen molar-refractivity contribution >= 4 is 23.1 Å². The molecule has 0 atom stereocenters. The first-order valence-electron chi connectivity index (χ1n) is 10.8. The second-order valence-electron chi connectivity index (χ2n) is 8.72. The lowest BCUT2D eigenvalue weighted by molar-refractivity contribution is 0.118. The summed E-state index contributed by atoms with van der Waals surface area (Å²) in [5.41, 5.74) is 6.41. The molecule has 0 aliphatic heterocycles. The van der Waals surface area contributed by atoms with Gasteiger partial charge in [-0.25, -0.2) is 18.8 Å². The van der Waals surface area contributed by atoms with E-state index >= 15 is 0 Å². The quantitative estimate of drug-likeness (QED) is 0.447. The van der Waals surface area contributed by atoms with Crippen LogP contribution in [-0.4, -0.2) is 31.0 Å². The third-order valence-corrected chi connectivity index (χ3v) is 5.56. The van der Waals surface area contributed by atoms with Gasteiger partial charge in [-0.2, -0.15) is 0 Å². The number of ether oxygens (including phenoxy) is 1. The number of nitrogens with two attached hydrogens (primary N) is 1. The number of aromatic nitrogens is 3. The van der Waals surface area contributed by atoms with Gasteiger partial charge in [0.25, 0.3) is 5.56 Å². The Kier molecular flexibility index (Phi) is 7.90. The highest BCUT2D eigenvalue weighted by Gasteiger charge is 2.18. The third-order valence-electron chi connectivity index (χ3n) is 5.21. The van der Waals surface area contributed by atoms with Crippen LogP contribution in [0.4, 0.5) is 14.6 Å². The molecule has 8 nitrogen and oxygen atoms in total. The summed E-state index contributed by atoms with van der Waals surface area (Å²) in [6.45, 7) is 7.95. The highest BCUT2D eigenvalue weighted by atomic mass is 35.5. The summed E-state index contributed by atoms with van der Waals surface area (Å²) in [5.74, 6) is -1.33. The molecule has 190 valence electrons.